The van der Waals surface area contributed by atoms with Crippen LogP contribution in [0.3, 0.4) is 0 Å². The minimum Gasteiger partial charge on any atom is -0.507 e. The highest BCUT2D eigenvalue weighted by atomic mass is 16.3. The Morgan fingerprint density at radius 3 is 2.42 bits per heavy atom. The number of Topliss-reactive ketones (excluding diaryl/α,β-unsaturated/α-hetero) is 4. The maximum atomic E-state index is 14.0. The molecule has 43 heavy (non-hydrogen) atoms. The molecule has 0 spiro atoms. The maximum absolute atomic E-state index is 14.0. The van der Waals surface area contributed by atoms with Crippen LogP contribution in [0.2, 0.25) is 0 Å². The number of hydrogen-bond acceptors (Lipinski definition) is 9. The lowest BCUT2D eigenvalue weighted by Crippen LogP contribution is -2.74. The molecule has 2 aromatic carbocycles. The summed E-state index contributed by atoms with van der Waals surface area (Å²) in [6.45, 7) is 7.91. The lowest BCUT2D eigenvalue weighted by atomic mass is 9.52. The molecular weight excluding hydrogens is 550 g/mol. The molecule has 6 atom stereocenters. The summed E-state index contributed by atoms with van der Waals surface area (Å²) in [5.74, 6) is -10.5. The summed E-state index contributed by atoms with van der Waals surface area (Å²) in [5.41, 5.74) is 5.95. The topological polar surface area (TPSA) is 167 Å². The lowest BCUT2D eigenvalue weighted by molar-refractivity contribution is -0.181. The number of nitrogens with one attached hydrogen (secondary N) is 1. The van der Waals surface area contributed by atoms with Gasteiger partial charge in [0.05, 0.1) is 17.5 Å². The van der Waals surface area contributed by atoms with Gasteiger partial charge in [0.15, 0.2) is 34.7 Å². The molecule has 2 aromatic rings. The highest BCUT2D eigenvalue weighted by molar-refractivity contribution is 6.32. The highest BCUT2D eigenvalue weighted by Gasteiger charge is 2.69. The zero-order chi connectivity index (χ0) is 31.6. The minimum atomic E-state index is -2.74. The first-order valence-corrected chi connectivity index (χ1v) is 14.6. The van der Waals surface area contributed by atoms with Crippen molar-refractivity contribution in [3.8, 4) is 16.9 Å². The Morgan fingerprint density at radius 1 is 1.09 bits per heavy atom. The summed E-state index contributed by atoms with van der Waals surface area (Å²) < 4.78 is 0. The number of benzene rings is 2. The van der Waals surface area contributed by atoms with Crippen molar-refractivity contribution < 1.29 is 34.2 Å². The first kappa shape index (κ1) is 30.7. The van der Waals surface area contributed by atoms with Crippen LogP contribution in [0.4, 0.5) is 0 Å². The van der Waals surface area contributed by atoms with Gasteiger partial charge in [-0.3, -0.25) is 28.9 Å². The second kappa shape index (κ2) is 10.8. The molecule has 10 nitrogen and oxygen atoms in total. The predicted octanol–water partition coefficient (Wildman–Crippen LogP) is 1.67. The van der Waals surface area contributed by atoms with E-state index in [2.05, 4.69) is 26.1 Å². The van der Waals surface area contributed by atoms with Crippen LogP contribution in [0.1, 0.15) is 48.7 Å². The number of aliphatic hydroxyl groups is 1. The van der Waals surface area contributed by atoms with Crippen LogP contribution in [0.15, 0.2) is 36.4 Å². The van der Waals surface area contributed by atoms with Gasteiger partial charge in [0.25, 0.3) is 0 Å². The van der Waals surface area contributed by atoms with Crippen LogP contribution >= 0.6 is 0 Å². The van der Waals surface area contributed by atoms with Gasteiger partial charge >= 0.3 is 0 Å². The molecule has 0 aliphatic heterocycles. The number of primary amides is 1. The Morgan fingerprint density at radius 2 is 1.79 bits per heavy atom. The van der Waals surface area contributed by atoms with E-state index in [9.17, 15) is 34.2 Å². The summed E-state index contributed by atoms with van der Waals surface area (Å²) in [7, 11) is 3.13. The Hall–Kier alpha value is -3.73. The molecule has 2 fully saturated rings. The molecule has 2 unspecified atom stereocenters. The van der Waals surface area contributed by atoms with Gasteiger partial charge in [-0.1, -0.05) is 45.0 Å². The quantitative estimate of drug-likeness (QED) is 0.367. The van der Waals surface area contributed by atoms with Gasteiger partial charge < -0.3 is 21.3 Å². The smallest absolute Gasteiger partial charge is 0.235 e. The van der Waals surface area contributed by atoms with Gasteiger partial charge in [0.2, 0.25) is 5.91 Å². The number of carbonyl (C=O) groups is 5. The van der Waals surface area contributed by atoms with E-state index < -0.39 is 64.4 Å². The SMILES string of the molecule is CN(C)[C@@H]1C(=O)C(C(N)=O)C(=O)[C@@]2(O)C(=O)C3C(=O)c4c(O)ccc(-c5cccc(CNCC(C)(C)C)c5)c4C[C@H]3C[C@@H]12. The second-order valence-corrected chi connectivity index (χ2v) is 13.6. The fraction of sp³-hybridized carbons (Fsp3) is 0.485. The Labute approximate surface area is 250 Å². The number of nitrogens with two attached hydrogens (primary N) is 1. The molecule has 3 aliphatic rings. The Kier molecular flexibility index (Phi) is 7.69. The van der Waals surface area contributed by atoms with E-state index in [1.807, 2.05) is 24.3 Å². The van der Waals surface area contributed by atoms with E-state index in [0.717, 1.165) is 23.2 Å². The number of ketones is 4. The van der Waals surface area contributed by atoms with Crippen molar-refractivity contribution in [1.82, 2.24) is 10.2 Å². The van der Waals surface area contributed by atoms with E-state index in [1.165, 1.54) is 11.0 Å². The van der Waals surface area contributed by atoms with Crippen LogP contribution in [-0.2, 0) is 32.1 Å². The normalized spacial score (nSPS) is 28.9. The van der Waals surface area contributed by atoms with Crippen molar-refractivity contribution >= 4 is 29.0 Å². The predicted molar refractivity (Wildman–Crippen MR) is 158 cm³/mol. The fourth-order valence-electron chi connectivity index (χ4n) is 7.31. The third kappa shape index (κ3) is 5.01. The van der Waals surface area contributed by atoms with Crippen molar-refractivity contribution in [2.45, 2.75) is 51.8 Å². The monoisotopic (exact) mass is 589 g/mol. The summed E-state index contributed by atoms with van der Waals surface area (Å²) >= 11 is 0. The van der Waals surface area contributed by atoms with E-state index in [1.54, 1.807) is 20.2 Å². The van der Waals surface area contributed by atoms with Crippen LogP contribution < -0.4 is 11.1 Å². The van der Waals surface area contributed by atoms with Crippen molar-refractivity contribution in [1.29, 1.82) is 0 Å². The van der Waals surface area contributed by atoms with Crippen molar-refractivity contribution in [2.75, 3.05) is 20.6 Å². The summed E-state index contributed by atoms with van der Waals surface area (Å²) in [6, 6.07) is 9.90. The number of hydrogen-bond donors (Lipinski definition) is 4. The number of aromatic hydroxyl groups is 1. The molecule has 0 heterocycles. The fourth-order valence-corrected chi connectivity index (χ4v) is 7.31. The van der Waals surface area contributed by atoms with E-state index in [4.69, 9.17) is 5.73 Å². The number of likely N-dealkylation sites (N-methyl/N-ethyl adjacent to an activating group) is 1. The minimum absolute atomic E-state index is 0.00968. The molecule has 10 heteroatoms. The second-order valence-electron chi connectivity index (χ2n) is 13.6. The third-order valence-corrected chi connectivity index (χ3v) is 9.17. The van der Waals surface area contributed by atoms with Gasteiger partial charge in [-0.05, 0) is 72.7 Å². The Balaban J connectivity index is 1.56. The van der Waals surface area contributed by atoms with Crippen LogP contribution in [0, 0.1) is 29.1 Å². The molecule has 5 rings (SSSR count). The molecule has 228 valence electrons. The van der Waals surface area contributed by atoms with Gasteiger partial charge in [-0.15, -0.1) is 0 Å². The molecule has 0 aromatic heterocycles. The largest absolute Gasteiger partial charge is 0.507 e. The lowest BCUT2D eigenvalue weighted by Gasteiger charge is -2.52. The van der Waals surface area contributed by atoms with Crippen molar-refractivity contribution in [3.05, 3.63) is 53.1 Å². The summed E-state index contributed by atoms with van der Waals surface area (Å²) in [6.07, 6.45) is 0.220. The third-order valence-electron chi connectivity index (χ3n) is 9.17. The number of amides is 1. The summed E-state index contributed by atoms with van der Waals surface area (Å²) in [4.78, 5) is 68.4. The molecular formula is C33H39N3O7. The molecule has 0 saturated heterocycles. The van der Waals surface area contributed by atoms with Gasteiger partial charge in [-0.25, -0.2) is 0 Å². The highest BCUT2D eigenvalue weighted by Crippen LogP contribution is 2.51. The molecule has 3 aliphatic carbocycles. The first-order chi connectivity index (χ1) is 20.1. The number of carbonyl (C=O) groups excluding carboxylic acids is 5. The van der Waals surface area contributed by atoms with Crippen LogP contribution in [0.25, 0.3) is 11.1 Å². The molecule has 0 bridgehead atoms. The molecule has 5 N–H and O–H groups in total. The summed E-state index contributed by atoms with van der Waals surface area (Å²) in [5, 5.41) is 26.0. The number of nitrogens with zero attached hydrogens (tertiary/aromatic N) is 1. The average Bonchev–Trinajstić information content (AvgIpc) is 2.90. The standard InChI is InChI=1S/C33H39N3O7/c1-32(2,3)15-35-14-16-7-6-8-17(11-16)19-9-10-22(37)24-20(19)12-18-13-21-26(36(4)5)28(39)25(31(34)42)30(41)33(21,43)29(40)23(18)27(24)38/h6-11,18,21,23,25-26,35,37,43H,12-15H2,1-5H3,(H2,34,42)/t18-,21-,23?,25?,26-,33-/m0/s1. The van der Waals surface area contributed by atoms with E-state index >= 15 is 0 Å². The van der Waals surface area contributed by atoms with Crippen molar-refractivity contribution in [3.63, 3.8) is 0 Å². The number of rotatable bonds is 6. The van der Waals surface area contributed by atoms with Crippen molar-refractivity contribution in [2.24, 2.45) is 34.8 Å². The molecule has 0 radical (unpaired) electrons. The molecule has 1 amide bonds. The number of phenols is 1. The zero-order valence-corrected chi connectivity index (χ0v) is 25.1. The van der Waals surface area contributed by atoms with Crippen LogP contribution in [-0.4, -0.2) is 76.4 Å². The number of phenolic OH excluding ortho intramolecular Hbond substituents is 1. The van der Waals surface area contributed by atoms with E-state index in [-0.39, 0.29) is 29.6 Å². The van der Waals surface area contributed by atoms with E-state index in [0.29, 0.717) is 12.1 Å². The average molecular weight is 590 g/mol. The van der Waals surface area contributed by atoms with Gasteiger partial charge in [0.1, 0.15) is 5.75 Å². The first-order valence-electron chi connectivity index (χ1n) is 14.6. The Bertz CT molecular complexity index is 1540. The van der Waals surface area contributed by atoms with Gasteiger partial charge in [-0.2, -0.15) is 0 Å². The zero-order valence-electron chi connectivity index (χ0n) is 25.1. The van der Waals surface area contributed by atoms with Gasteiger partial charge in [0, 0.05) is 19.0 Å². The molecule has 2 saturated carbocycles. The number of fused-ring (bicyclic) bond motifs is 3. The van der Waals surface area contributed by atoms with Crippen LogP contribution in [0.5, 0.6) is 5.75 Å². The maximum Gasteiger partial charge on any atom is 0.235 e.